The van der Waals surface area contributed by atoms with Crippen LogP contribution in [0.2, 0.25) is 0 Å². The number of rotatable bonds is 12. The average Bonchev–Trinajstić information content (AvgIpc) is 3.47. The molecule has 0 radical (unpaired) electrons. The van der Waals surface area contributed by atoms with Gasteiger partial charge in [0.1, 0.15) is 11.9 Å². The van der Waals surface area contributed by atoms with Crippen molar-refractivity contribution in [2.45, 2.75) is 199 Å². The first-order chi connectivity index (χ1) is 24.8. The number of aliphatic carboxylic acids is 1. The van der Waals surface area contributed by atoms with Crippen LogP contribution in [0.15, 0.2) is 12.2 Å². The van der Waals surface area contributed by atoms with Crippen LogP contribution in [0.5, 0.6) is 0 Å². The number of carboxylic acid groups (broad SMARTS) is 1. The second-order valence-corrected chi connectivity index (χ2v) is 17.9. The highest BCUT2D eigenvalue weighted by Crippen LogP contribution is 2.54. The molecule has 5 rings (SSSR count). The van der Waals surface area contributed by atoms with E-state index in [1.807, 2.05) is 41.5 Å². The molecule has 4 fully saturated rings. The lowest BCUT2D eigenvalue weighted by Crippen LogP contribution is -2.63. The number of hydrogen-bond donors (Lipinski definition) is 4. The normalized spacial score (nSPS) is 46.2. The van der Waals surface area contributed by atoms with Gasteiger partial charge in [-0.15, -0.1) is 0 Å². The van der Waals surface area contributed by atoms with E-state index in [1.54, 1.807) is 19.1 Å². The van der Waals surface area contributed by atoms with Gasteiger partial charge in [0.05, 0.1) is 53.7 Å². The minimum Gasteiger partial charge on any atom is -0.481 e. The third kappa shape index (κ3) is 7.94. The molecule has 53 heavy (non-hydrogen) atoms. The molecule has 2 unspecified atom stereocenters. The Balaban J connectivity index is 1.31. The summed E-state index contributed by atoms with van der Waals surface area (Å²) in [7, 11) is 0. The van der Waals surface area contributed by atoms with Crippen LogP contribution in [0.1, 0.15) is 133 Å². The standard InChI is InChI=1S/C42H70O11/c1-11-29(38(46)47)31-15-14-23(4)36(50-31)27(8)34(44)26(7)35(45)30(12-2)37-24(5)22-25(6)41(51-37)19-16-32(43)42(53-41)21-20-39(10,52-42)33-17-18-40(48,13-3)28(9)49-33/h16,19,23-34,36-37,43-44,48H,11-15,17-18,20-22H2,1-10H3,(H,46,47)/t23-,24-,25+,26-,27-,28-,29+,30-,31?,32+,33+,34+,36?,37-,39-,40+,41+,42+/m0/s1. The van der Waals surface area contributed by atoms with Crippen LogP contribution >= 0.6 is 0 Å². The van der Waals surface area contributed by atoms with Gasteiger partial charge < -0.3 is 44.1 Å². The topological polar surface area (TPSA) is 161 Å². The Morgan fingerprint density at radius 3 is 2.17 bits per heavy atom. The van der Waals surface area contributed by atoms with Gasteiger partial charge in [-0.3, -0.25) is 9.59 Å². The fraction of sp³-hybridized carbons (Fsp3) is 0.905. The number of hydrogen-bond acceptors (Lipinski definition) is 10. The molecule has 5 heterocycles. The Morgan fingerprint density at radius 2 is 1.57 bits per heavy atom. The summed E-state index contributed by atoms with van der Waals surface area (Å²) in [6.07, 6.45) is 5.51. The van der Waals surface area contributed by atoms with Gasteiger partial charge in [-0.2, -0.15) is 0 Å². The zero-order valence-corrected chi connectivity index (χ0v) is 34.0. The summed E-state index contributed by atoms with van der Waals surface area (Å²) in [5, 5.41) is 44.0. The molecular formula is C42H70O11. The Morgan fingerprint density at radius 1 is 0.887 bits per heavy atom. The van der Waals surface area contributed by atoms with Crippen molar-refractivity contribution in [3.63, 3.8) is 0 Å². The lowest BCUT2D eigenvalue weighted by atomic mass is 9.72. The van der Waals surface area contributed by atoms with E-state index in [2.05, 4.69) is 20.8 Å². The van der Waals surface area contributed by atoms with Crippen LogP contribution in [0.3, 0.4) is 0 Å². The molecule has 2 spiro atoms. The summed E-state index contributed by atoms with van der Waals surface area (Å²) in [5.74, 6) is -5.78. The number of carboxylic acids is 1. The Bertz CT molecular complexity index is 1320. The fourth-order valence-corrected chi connectivity index (χ4v) is 10.5. The van der Waals surface area contributed by atoms with E-state index in [9.17, 15) is 30.0 Å². The molecule has 11 nitrogen and oxygen atoms in total. The molecule has 0 aromatic heterocycles. The zero-order chi connectivity index (χ0) is 39.3. The molecule has 0 aromatic carbocycles. The van der Waals surface area contributed by atoms with Crippen molar-refractivity contribution in [1.29, 1.82) is 0 Å². The van der Waals surface area contributed by atoms with Gasteiger partial charge in [0.2, 0.25) is 5.79 Å². The van der Waals surface area contributed by atoms with Crippen LogP contribution < -0.4 is 0 Å². The minimum absolute atomic E-state index is 0.0137. The molecule has 0 bridgehead atoms. The minimum atomic E-state index is -1.37. The number of Topliss-reactive ketones (excluding diaryl/α,β-unsaturated/α-hetero) is 1. The maximum absolute atomic E-state index is 14.4. The second-order valence-electron chi connectivity index (χ2n) is 17.9. The highest BCUT2D eigenvalue weighted by molar-refractivity contribution is 5.84. The van der Waals surface area contributed by atoms with Gasteiger partial charge in [-0.05, 0) is 95.6 Å². The Kier molecular flexibility index (Phi) is 13.0. The van der Waals surface area contributed by atoms with Crippen molar-refractivity contribution in [2.24, 2.45) is 41.4 Å². The molecule has 18 atom stereocenters. The third-order valence-electron chi connectivity index (χ3n) is 14.4. The van der Waals surface area contributed by atoms with Crippen LogP contribution in [0.4, 0.5) is 0 Å². The first-order valence-electron chi connectivity index (χ1n) is 20.7. The monoisotopic (exact) mass is 750 g/mol. The van der Waals surface area contributed by atoms with E-state index in [4.69, 9.17) is 23.7 Å². The smallest absolute Gasteiger partial charge is 0.309 e. The summed E-state index contributed by atoms with van der Waals surface area (Å²) >= 11 is 0. The van der Waals surface area contributed by atoms with Crippen molar-refractivity contribution in [1.82, 2.24) is 0 Å². The highest BCUT2D eigenvalue weighted by atomic mass is 16.8. The number of ether oxygens (including phenoxy) is 5. The SMILES string of the molecule is CC[C@@H](C(=O)O)C1CC[C@H](C)C([C@@H](C)[C@H](O)[C@H](C)C(=O)[C@H](CC)[C@H]2O[C@@]3(C=C[C@@H](O)[C@@]4(CC[C@@](C)([C@H]5CC[C@](O)(CC)[C@H](C)O5)O4)O3)[C@H](C)C[C@@H]2C)O1. The second kappa shape index (κ2) is 16.2. The molecule has 5 aliphatic rings. The molecule has 11 heteroatoms. The van der Waals surface area contributed by atoms with E-state index in [0.717, 1.165) is 6.42 Å². The molecule has 0 saturated carbocycles. The quantitative estimate of drug-likeness (QED) is 0.169. The summed E-state index contributed by atoms with van der Waals surface area (Å²) in [4.78, 5) is 26.4. The maximum Gasteiger partial charge on any atom is 0.309 e. The summed E-state index contributed by atoms with van der Waals surface area (Å²) < 4.78 is 33.5. The van der Waals surface area contributed by atoms with Crippen LogP contribution in [0, 0.1) is 41.4 Å². The van der Waals surface area contributed by atoms with E-state index in [-0.39, 0.29) is 41.8 Å². The third-order valence-corrected chi connectivity index (χ3v) is 14.4. The van der Waals surface area contributed by atoms with Gasteiger partial charge >= 0.3 is 5.97 Å². The number of ketones is 1. The van der Waals surface area contributed by atoms with Crippen molar-refractivity contribution in [3.05, 3.63) is 12.2 Å². The predicted molar refractivity (Wildman–Crippen MR) is 199 cm³/mol. The van der Waals surface area contributed by atoms with E-state index in [1.165, 1.54) is 0 Å². The number of carbonyl (C=O) groups excluding carboxylic acids is 1. The molecule has 0 aromatic rings. The average molecular weight is 751 g/mol. The molecule has 4 saturated heterocycles. The van der Waals surface area contributed by atoms with E-state index in [0.29, 0.717) is 57.8 Å². The number of carbonyl (C=O) groups is 2. The highest BCUT2D eigenvalue weighted by Gasteiger charge is 2.63. The van der Waals surface area contributed by atoms with Gasteiger partial charge in [0.25, 0.3) is 0 Å². The summed E-state index contributed by atoms with van der Waals surface area (Å²) in [6, 6.07) is 0. The molecule has 304 valence electrons. The van der Waals surface area contributed by atoms with Crippen LogP contribution in [0.25, 0.3) is 0 Å². The summed E-state index contributed by atoms with van der Waals surface area (Å²) in [5.41, 5.74) is -1.63. The largest absolute Gasteiger partial charge is 0.481 e. The van der Waals surface area contributed by atoms with E-state index < -0.39 is 76.8 Å². The van der Waals surface area contributed by atoms with Gasteiger partial charge in [0, 0.05) is 30.1 Å². The lowest BCUT2D eigenvalue weighted by Gasteiger charge is -2.54. The molecule has 0 amide bonds. The Hall–Kier alpha value is -1.44. The zero-order valence-electron chi connectivity index (χ0n) is 34.0. The molecule has 0 aliphatic carbocycles. The van der Waals surface area contributed by atoms with Crippen molar-refractivity contribution in [2.75, 3.05) is 0 Å². The molecule has 5 aliphatic heterocycles. The molecular weight excluding hydrogens is 680 g/mol. The predicted octanol–water partition coefficient (Wildman–Crippen LogP) is 6.19. The van der Waals surface area contributed by atoms with E-state index >= 15 is 0 Å². The van der Waals surface area contributed by atoms with Gasteiger partial charge in [0.15, 0.2) is 5.79 Å². The van der Waals surface area contributed by atoms with Crippen LogP contribution in [-0.4, -0.2) is 97.7 Å². The van der Waals surface area contributed by atoms with Crippen molar-refractivity contribution >= 4 is 11.8 Å². The van der Waals surface area contributed by atoms with Gasteiger partial charge in [-0.25, -0.2) is 0 Å². The fourth-order valence-electron chi connectivity index (χ4n) is 10.5. The van der Waals surface area contributed by atoms with Crippen molar-refractivity contribution < 1.29 is 53.7 Å². The van der Waals surface area contributed by atoms with Gasteiger partial charge in [-0.1, -0.05) is 55.4 Å². The lowest BCUT2D eigenvalue weighted by molar-refractivity contribution is -0.409. The number of aliphatic hydroxyl groups excluding tert-OH is 2. The van der Waals surface area contributed by atoms with Crippen molar-refractivity contribution in [3.8, 4) is 0 Å². The molecule has 4 N–H and O–H groups in total. The van der Waals surface area contributed by atoms with Crippen LogP contribution in [-0.2, 0) is 33.3 Å². The Labute approximate surface area is 317 Å². The first kappa shape index (κ1) is 42.7. The first-order valence-corrected chi connectivity index (χ1v) is 20.7. The maximum atomic E-state index is 14.4. The summed E-state index contributed by atoms with van der Waals surface area (Å²) in [6.45, 7) is 19.6. The number of aliphatic hydroxyl groups is 3.